The number of amides is 1. The van der Waals surface area contributed by atoms with Crippen molar-refractivity contribution < 1.29 is 13.6 Å². The number of hydrogen-bond donors (Lipinski definition) is 0. The largest absolute Gasteiger partial charge is 0.341 e. The van der Waals surface area contributed by atoms with Crippen molar-refractivity contribution in [2.75, 3.05) is 13.1 Å². The van der Waals surface area contributed by atoms with Gasteiger partial charge >= 0.3 is 0 Å². The van der Waals surface area contributed by atoms with Crippen LogP contribution in [-0.2, 0) is 4.79 Å². The van der Waals surface area contributed by atoms with E-state index >= 15 is 0 Å². The SMILES string of the molecule is CCC(C(=O)N1CCC2(CC1)CC2(F)F)n1cccn1. The van der Waals surface area contributed by atoms with Crippen LogP contribution >= 0.6 is 0 Å². The number of alkyl halides is 2. The maximum Gasteiger partial charge on any atom is 0.254 e. The fourth-order valence-electron chi connectivity index (χ4n) is 3.23. The predicted octanol–water partition coefficient (Wildman–Crippen LogP) is 2.48. The number of halogens is 2. The number of hydrogen-bond acceptors (Lipinski definition) is 2. The minimum atomic E-state index is -2.51. The Morgan fingerprint density at radius 3 is 2.50 bits per heavy atom. The van der Waals surface area contributed by atoms with Crippen molar-refractivity contribution in [3.63, 3.8) is 0 Å². The van der Waals surface area contributed by atoms with Crippen molar-refractivity contribution in [1.29, 1.82) is 0 Å². The van der Waals surface area contributed by atoms with Crippen molar-refractivity contribution >= 4 is 5.91 Å². The summed E-state index contributed by atoms with van der Waals surface area (Å²) < 4.78 is 28.3. The Bertz CT molecular complexity index is 493. The molecule has 1 unspecified atom stereocenters. The lowest BCUT2D eigenvalue weighted by Crippen LogP contribution is -2.43. The molecule has 1 saturated heterocycles. The van der Waals surface area contributed by atoms with Gasteiger partial charge < -0.3 is 4.90 Å². The fourth-order valence-corrected chi connectivity index (χ4v) is 3.23. The Hall–Kier alpha value is -1.46. The van der Waals surface area contributed by atoms with Crippen molar-refractivity contribution in [2.24, 2.45) is 5.41 Å². The summed E-state index contributed by atoms with van der Waals surface area (Å²) in [4.78, 5) is 14.2. The van der Waals surface area contributed by atoms with Gasteiger partial charge in [0.1, 0.15) is 6.04 Å². The molecule has 1 amide bonds. The number of carbonyl (C=O) groups is 1. The third kappa shape index (κ3) is 2.01. The van der Waals surface area contributed by atoms with E-state index in [2.05, 4.69) is 5.10 Å². The molecule has 110 valence electrons. The van der Waals surface area contributed by atoms with Crippen LogP contribution in [0.2, 0.25) is 0 Å². The first-order valence-corrected chi connectivity index (χ1v) is 7.15. The van der Waals surface area contributed by atoms with Gasteiger partial charge in [0.15, 0.2) is 0 Å². The molecular formula is C14H19F2N3O. The van der Waals surface area contributed by atoms with Crippen LogP contribution in [-0.4, -0.2) is 39.6 Å². The summed E-state index contributed by atoms with van der Waals surface area (Å²) >= 11 is 0. The Labute approximate surface area is 116 Å². The van der Waals surface area contributed by atoms with Gasteiger partial charge in [-0.2, -0.15) is 5.10 Å². The molecule has 1 atom stereocenters. The summed E-state index contributed by atoms with van der Waals surface area (Å²) in [6.45, 7) is 2.81. The van der Waals surface area contributed by atoms with Crippen LogP contribution in [0.15, 0.2) is 18.5 Å². The molecule has 3 rings (SSSR count). The van der Waals surface area contributed by atoms with Gasteiger partial charge in [-0.1, -0.05) is 6.92 Å². The average Bonchev–Trinajstić information content (AvgIpc) is 2.83. The number of rotatable bonds is 3. The molecule has 2 heterocycles. The van der Waals surface area contributed by atoms with Crippen LogP contribution in [0.25, 0.3) is 0 Å². The summed E-state index contributed by atoms with van der Waals surface area (Å²) in [7, 11) is 0. The Morgan fingerprint density at radius 1 is 1.40 bits per heavy atom. The van der Waals surface area contributed by atoms with Gasteiger partial charge in [0.05, 0.1) is 0 Å². The van der Waals surface area contributed by atoms with Crippen molar-refractivity contribution in [3.8, 4) is 0 Å². The molecule has 1 aliphatic heterocycles. The standard InChI is InChI=1S/C14H19F2N3O/c1-2-11(19-7-3-6-17-19)12(20)18-8-4-13(5-9-18)10-14(13,15)16/h3,6-7,11H,2,4-5,8-10H2,1H3. The number of aromatic nitrogens is 2. The third-order valence-corrected chi connectivity index (χ3v) is 4.76. The van der Waals surface area contributed by atoms with E-state index in [1.165, 1.54) is 0 Å². The van der Waals surface area contributed by atoms with Gasteiger partial charge in [-0.05, 0) is 25.3 Å². The molecule has 20 heavy (non-hydrogen) atoms. The molecule has 1 aromatic heterocycles. The second kappa shape index (κ2) is 4.53. The van der Waals surface area contributed by atoms with Crippen LogP contribution in [0.5, 0.6) is 0 Å². The van der Waals surface area contributed by atoms with E-state index in [1.54, 1.807) is 28.0 Å². The zero-order valence-electron chi connectivity index (χ0n) is 11.6. The number of carbonyl (C=O) groups excluding carboxylic acids is 1. The third-order valence-electron chi connectivity index (χ3n) is 4.76. The molecule has 1 spiro atoms. The molecule has 0 bridgehead atoms. The summed E-state index contributed by atoms with van der Waals surface area (Å²) in [5.41, 5.74) is -0.808. The van der Waals surface area contributed by atoms with E-state index in [0.717, 1.165) is 0 Å². The van der Waals surface area contributed by atoms with Crippen LogP contribution in [0.4, 0.5) is 8.78 Å². The number of likely N-dealkylation sites (tertiary alicyclic amines) is 1. The molecular weight excluding hydrogens is 264 g/mol. The van der Waals surface area contributed by atoms with Gasteiger partial charge in [-0.25, -0.2) is 8.78 Å². The summed E-state index contributed by atoms with van der Waals surface area (Å²) in [5, 5.41) is 4.12. The van der Waals surface area contributed by atoms with Gasteiger partial charge in [-0.15, -0.1) is 0 Å². The fraction of sp³-hybridized carbons (Fsp3) is 0.714. The van der Waals surface area contributed by atoms with Gasteiger partial charge in [0.25, 0.3) is 5.92 Å². The first-order chi connectivity index (χ1) is 9.49. The molecule has 2 fully saturated rings. The molecule has 1 saturated carbocycles. The Balaban J connectivity index is 1.64. The predicted molar refractivity (Wildman–Crippen MR) is 69.4 cm³/mol. The molecule has 1 aromatic rings. The van der Waals surface area contributed by atoms with E-state index in [9.17, 15) is 13.6 Å². The molecule has 6 heteroatoms. The van der Waals surface area contributed by atoms with Crippen LogP contribution in [0.3, 0.4) is 0 Å². The smallest absolute Gasteiger partial charge is 0.254 e. The number of nitrogens with zero attached hydrogens (tertiary/aromatic N) is 3. The normalized spacial score (nSPS) is 24.6. The lowest BCUT2D eigenvalue weighted by molar-refractivity contribution is -0.137. The zero-order chi connectivity index (χ0) is 14.4. The lowest BCUT2D eigenvalue weighted by atomic mass is 9.92. The number of piperidine rings is 1. The van der Waals surface area contributed by atoms with Gasteiger partial charge in [0, 0.05) is 37.3 Å². The van der Waals surface area contributed by atoms with Crippen LogP contribution in [0, 0.1) is 5.41 Å². The maximum absolute atomic E-state index is 13.3. The van der Waals surface area contributed by atoms with Gasteiger partial charge in [0.2, 0.25) is 5.91 Å². The van der Waals surface area contributed by atoms with Crippen molar-refractivity contribution in [3.05, 3.63) is 18.5 Å². The quantitative estimate of drug-likeness (QED) is 0.854. The first kappa shape index (κ1) is 13.5. The highest BCUT2D eigenvalue weighted by Gasteiger charge is 2.70. The molecule has 0 aromatic carbocycles. The lowest BCUT2D eigenvalue weighted by Gasteiger charge is -2.34. The monoisotopic (exact) mass is 283 g/mol. The maximum atomic E-state index is 13.3. The topological polar surface area (TPSA) is 38.1 Å². The van der Waals surface area contributed by atoms with E-state index in [4.69, 9.17) is 0 Å². The highest BCUT2D eigenvalue weighted by atomic mass is 19.3. The average molecular weight is 283 g/mol. The highest BCUT2D eigenvalue weighted by molar-refractivity contribution is 5.80. The minimum Gasteiger partial charge on any atom is -0.341 e. The van der Waals surface area contributed by atoms with Crippen molar-refractivity contribution in [1.82, 2.24) is 14.7 Å². The van der Waals surface area contributed by atoms with E-state index in [1.807, 2.05) is 6.92 Å². The Kier molecular flexibility index (Phi) is 3.06. The van der Waals surface area contributed by atoms with Gasteiger partial charge in [-0.3, -0.25) is 9.48 Å². The van der Waals surface area contributed by atoms with E-state index in [-0.39, 0.29) is 18.4 Å². The second-order valence-electron chi connectivity index (χ2n) is 5.90. The molecule has 2 aliphatic rings. The van der Waals surface area contributed by atoms with E-state index < -0.39 is 11.3 Å². The molecule has 4 nitrogen and oxygen atoms in total. The highest BCUT2D eigenvalue weighted by Crippen LogP contribution is 2.65. The van der Waals surface area contributed by atoms with Crippen molar-refractivity contribution in [2.45, 2.75) is 44.6 Å². The minimum absolute atomic E-state index is 0.00159. The zero-order valence-corrected chi connectivity index (χ0v) is 11.6. The summed E-state index contributed by atoms with van der Waals surface area (Å²) in [6, 6.07) is 1.46. The summed E-state index contributed by atoms with van der Waals surface area (Å²) in [6.07, 6.45) is 4.90. The Morgan fingerprint density at radius 2 is 2.05 bits per heavy atom. The second-order valence-corrected chi connectivity index (χ2v) is 5.90. The first-order valence-electron chi connectivity index (χ1n) is 7.15. The molecule has 0 radical (unpaired) electrons. The van der Waals surface area contributed by atoms with Crippen LogP contribution in [0.1, 0.15) is 38.6 Å². The van der Waals surface area contributed by atoms with E-state index in [0.29, 0.717) is 32.4 Å². The molecule has 1 aliphatic carbocycles. The summed E-state index contributed by atoms with van der Waals surface area (Å²) in [5.74, 6) is -2.51. The van der Waals surface area contributed by atoms with Crippen LogP contribution < -0.4 is 0 Å². The molecule has 0 N–H and O–H groups in total.